The molecule has 0 spiro atoms. The Morgan fingerprint density at radius 2 is 1.75 bits per heavy atom. The van der Waals surface area contributed by atoms with Crippen LogP contribution in [0.4, 0.5) is 21.6 Å². The van der Waals surface area contributed by atoms with Gasteiger partial charge in [0, 0.05) is 44.9 Å². The minimum atomic E-state index is -0.568. The van der Waals surface area contributed by atoms with E-state index >= 15 is 0 Å². The number of nitro groups is 1. The summed E-state index contributed by atoms with van der Waals surface area (Å²) in [5.41, 5.74) is 1.62. The Morgan fingerprint density at radius 3 is 2.38 bits per heavy atom. The first kappa shape index (κ1) is 21.4. The van der Waals surface area contributed by atoms with Gasteiger partial charge >= 0.3 is 0 Å². The summed E-state index contributed by atoms with van der Waals surface area (Å²) in [6.07, 6.45) is 1.57. The Labute approximate surface area is 184 Å². The smallest absolute Gasteiger partial charge is 0.269 e. The van der Waals surface area contributed by atoms with Crippen LogP contribution in [-0.4, -0.2) is 46.9 Å². The molecule has 32 heavy (non-hydrogen) atoms. The Morgan fingerprint density at radius 1 is 1.03 bits per heavy atom. The molecule has 1 saturated heterocycles. The van der Waals surface area contributed by atoms with E-state index in [1.165, 1.54) is 30.3 Å². The summed E-state index contributed by atoms with van der Waals surface area (Å²) >= 11 is 0. The van der Waals surface area contributed by atoms with Gasteiger partial charge in [0.25, 0.3) is 11.6 Å². The summed E-state index contributed by atoms with van der Waals surface area (Å²) in [4.78, 5) is 31.5. The Balaban J connectivity index is 1.29. The first-order chi connectivity index (χ1) is 15.5. The molecule has 0 unspecified atom stereocenters. The molecule has 0 bridgehead atoms. The van der Waals surface area contributed by atoms with Gasteiger partial charge in [-0.3, -0.25) is 19.8 Å². The second-order valence-corrected chi connectivity index (χ2v) is 7.53. The number of carbonyl (C=O) groups is 1. The van der Waals surface area contributed by atoms with E-state index in [0.717, 1.165) is 44.1 Å². The predicted molar refractivity (Wildman–Crippen MR) is 119 cm³/mol. The normalized spacial score (nSPS) is 14.2. The number of halogens is 1. The number of piperazine rings is 1. The lowest BCUT2D eigenvalue weighted by Crippen LogP contribution is -2.46. The zero-order chi connectivity index (χ0) is 22.5. The molecule has 3 aromatic rings. The Bertz CT molecular complexity index is 1100. The van der Waals surface area contributed by atoms with Crippen molar-refractivity contribution in [3.05, 3.63) is 93.9 Å². The lowest BCUT2D eigenvalue weighted by Gasteiger charge is -2.35. The molecule has 2 aromatic carbocycles. The molecule has 1 amide bonds. The maximum absolute atomic E-state index is 13.8. The second-order valence-electron chi connectivity index (χ2n) is 7.53. The fourth-order valence-electron chi connectivity index (χ4n) is 3.61. The number of nitrogens with zero attached hydrogens (tertiary/aromatic N) is 4. The van der Waals surface area contributed by atoms with Gasteiger partial charge < -0.3 is 10.2 Å². The van der Waals surface area contributed by atoms with E-state index in [9.17, 15) is 19.3 Å². The van der Waals surface area contributed by atoms with E-state index < -0.39 is 16.6 Å². The number of aromatic nitrogens is 1. The van der Waals surface area contributed by atoms with E-state index in [2.05, 4.69) is 20.1 Å². The number of non-ortho nitro benzene ring substituents is 1. The summed E-state index contributed by atoms with van der Waals surface area (Å²) < 4.78 is 13.8. The Hall–Kier alpha value is -3.85. The van der Waals surface area contributed by atoms with Gasteiger partial charge in [-0.05, 0) is 29.8 Å². The van der Waals surface area contributed by atoms with Crippen LogP contribution < -0.4 is 10.2 Å². The van der Waals surface area contributed by atoms with Crippen molar-refractivity contribution in [2.45, 2.75) is 6.54 Å². The number of rotatable bonds is 6. The van der Waals surface area contributed by atoms with Crippen LogP contribution in [0, 0.1) is 15.9 Å². The fourth-order valence-corrected chi connectivity index (χ4v) is 3.61. The van der Waals surface area contributed by atoms with Gasteiger partial charge in [0.05, 0.1) is 22.4 Å². The number of benzene rings is 2. The van der Waals surface area contributed by atoms with Gasteiger partial charge in [-0.2, -0.15) is 0 Å². The van der Waals surface area contributed by atoms with Crippen molar-refractivity contribution in [3.8, 4) is 0 Å². The van der Waals surface area contributed by atoms with Crippen LogP contribution >= 0.6 is 0 Å². The number of carbonyl (C=O) groups excluding carboxylic acids is 1. The first-order valence-corrected chi connectivity index (χ1v) is 10.2. The van der Waals surface area contributed by atoms with Crippen LogP contribution in [0.25, 0.3) is 0 Å². The number of pyridine rings is 1. The van der Waals surface area contributed by atoms with Crippen molar-refractivity contribution in [3.63, 3.8) is 0 Å². The van der Waals surface area contributed by atoms with E-state index in [1.807, 2.05) is 6.07 Å². The molecular formula is C23H22FN5O3. The number of anilines is 2. The third kappa shape index (κ3) is 5.06. The molecule has 1 aromatic heterocycles. The standard InChI is InChI=1S/C23H22FN5O3/c24-21-4-2-1-3-20(21)23(30)26-18-7-10-22(25-15-18)28-13-11-27(12-14-28)16-17-5-8-19(9-6-17)29(31)32/h1-10,15H,11-14,16H2,(H,26,30). The molecule has 0 radical (unpaired) electrons. The summed E-state index contributed by atoms with van der Waals surface area (Å²) in [6, 6.07) is 16.1. The number of hydrogen-bond donors (Lipinski definition) is 1. The van der Waals surface area contributed by atoms with Gasteiger partial charge in [-0.1, -0.05) is 24.3 Å². The molecular weight excluding hydrogens is 413 g/mol. The van der Waals surface area contributed by atoms with Crippen molar-refractivity contribution < 1.29 is 14.1 Å². The zero-order valence-corrected chi connectivity index (χ0v) is 17.3. The highest BCUT2D eigenvalue weighted by atomic mass is 19.1. The van der Waals surface area contributed by atoms with E-state index in [1.54, 1.807) is 30.5 Å². The first-order valence-electron chi connectivity index (χ1n) is 10.2. The largest absolute Gasteiger partial charge is 0.354 e. The molecule has 2 heterocycles. The zero-order valence-electron chi connectivity index (χ0n) is 17.3. The molecule has 4 rings (SSSR count). The quantitative estimate of drug-likeness (QED) is 0.469. The highest BCUT2D eigenvalue weighted by Gasteiger charge is 2.19. The van der Waals surface area contributed by atoms with Gasteiger partial charge in [-0.15, -0.1) is 0 Å². The average molecular weight is 435 g/mol. The van der Waals surface area contributed by atoms with E-state index in [-0.39, 0.29) is 11.3 Å². The number of amides is 1. The Kier molecular flexibility index (Phi) is 6.37. The van der Waals surface area contributed by atoms with Crippen molar-refractivity contribution >= 4 is 23.1 Å². The lowest BCUT2D eigenvalue weighted by atomic mass is 10.2. The molecule has 1 N–H and O–H groups in total. The third-order valence-electron chi connectivity index (χ3n) is 5.37. The molecule has 8 nitrogen and oxygen atoms in total. The summed E-state index contributed by atoms with van der Waals surface area (Å²) in [6.45, 7) is 4.00. The molecule has 0 saturated carbocycles. The van der Waals surface area contributed by atoms with Crippen LogP contribution in [0.2, 0.25) is 0 Å². The van der Waals surface area contributed by atoms with Crippen LogP contribution in [0.15, 0.2) is 66.9 Å². The molecule has 1 aliphatic rings. The summed E-state index contributed by atoms with van der Waals surface area (Å²) in [7, 11) is 0. The average Bonchev–Trinajstić information content (AvgIpc) is 2.81. The molecule has 0 aliphatic carbocycles. The van der Waals surface area contributed by atoms with Crippen LogP contribution in [0.1, 0.15) is 15.9 Å². The minimum absolute atomic E-state index is 0.0132. The van der Waals surface area contributed by atoms with E-state index in [4.69, 9.17) is 0 Å². The van der Waals surface area contributed by atoms with Gasteiger partial charge in [0.1, 0.15) is 11.6 Å². The van der Waals surface area contributed by atoms with Gasteiger partial charge in [0.15, 0.2) is 0 Å². The van der Waals surface area contributed by atoms with Crippen molar-refractivity contribution in [2.24, 2.45) is 0 Å². The molecule has 164 valence electrons. The summed E-state index contributed by atoms with van der Waals surface area (Å²) in [5, 5.41) is 13.4. The monoisotopic (exact) mass is 435 g/mol. The molecule has 9 heteroatoms. The summed E-state index contributed by atoms with van der Waals surface area (Å²) in [5.74, 6) is -0.275. The highest BCUT2D eigenvalue weighted by Crippen LogP contribution is 2.19. The lowest BCUT2D eigenvalue weighted by molar-refractivity contribution is -0.384. The SMILES string of the molecule is O=C(Nc1ccc(N2CCN(Cc3ccc([N+](=O)[O-])cc3)CC2)nc1)c1ccccc1F. The maximum atomic E-state index is 13.8. The number of nitrogens with one attached hydrogen (secondary N) is 1. The number of nitro benzene ring substituents is 1. The molecule has 1 aliphatic heterocycles. The minimum Gasteiger partial charge on any atom is -0.354 e. The topological polar surface area (TPSA) is 91.6 Å². The third-order valence-corrected chi connectivity index (χ3v) is 5.37. The van der Waals surface area contributed by atoms with Crippen LogP contribution in [-0.2, 0) is 6.54 Å². The highest BCUT2D eigenvalue weighted by molar-refractivity contribution is 6.04. The molecule has 1 fully saturated rings. The van der Waals surface area contributed by atoms with Crippen LogP contribution in [0.5, 0.6) is 0 Å². The van der Waals surface area contributed by atoms with Crippen LogP contribution in [0.3, 0.4) is 0 Å². The predicted octanol–water partition coefficient (Wildman–Crippen LogP) is 3.70. The van der Waals surface area contributed by atoms with Gasteiger partial charge in [0.2, 0.25) is 0 Å². The maximum Gasteiger partial charge on any atom is 0.269 e. The van der Waals surface area contributed by atoms with Gasteiger partial charge in [-0.25, -0.2) is 9.37 Å². The van der Waals surface area contributed by atoms with Crippen molar-refractivity contribution in [2.75, 3.05) is 36.4 Å². The number of hydrogen-bond acceptors (Lipinski definition) is 6. The fraction of sp³-hybridized carbons (Fsp3) is 0.217. The second kappa shape index (κ2) is 9.52. The van der Waals surface area contributed by atoms with Crippen molar-refractivity contribution in [1.82, 2.24) is 9.88 Å². The van der Waals surface area contributed by atoms with Crippen molar-refractivity contribution in [1.29, 1.82) is 0 Å². The molecule has 0 atom stereocenters. The van der Waals surface area contributed by atoms with E-state index in [0.29, 0.717) is 5.69 Å².